The van der Waals surface area contributed by atoms with Gasteiger partial charge in [0.15, 0.2) is 0 Å². The van der Waals surface area contributed by atoms with Crippen LogP contribution in [-0.4, -0.2) is 85.0 Å². The number of rotatable bonds is 3. The molecule has 1 aromatic rings. The molecule has 1 aliphatic carbocycles. The Morgan fingerprint density at radius 3 is 2.46 bits per heavy atom. The third-order valence-electron chi connectivity index (χ3n) is 8.70. The second-order valence-corrected chi connectivity index (χ2v) is 11.1. The fraction of sp³-hybridized carbons (Fsp3) is 0.690. The van der Waals surface area contributed by atoms with Crippen molar-refractivity contribution >= 4 is 17.7 Å². The standard InChI is InChI=1S/C29H41N3O5/c33-27(30-13-16-36-17-14-30)18-23-11-12-31-19-24(23)9-5-15-37-26-10-4-3-8-25(26)20-32(21-28(31)34)29(35)22-6-1-2-7-22/h3-4,8,10,22-24H,1-2,5-7,9,11-21H2/t23-,24-/m0/s1. The number of piperidine rings is 1. The molecule has 202 valence electrons. The number of hydrogen-bond donors (Lipinski definition) is 0. The maximum absolute atomic E-state index is 13.6. The summed E-state index contributed by atoms with van der Waals surface area (Å²) < 4.78 is 11.6. The average molecular weight is 512 g/mol. The number of morpholine rings is 1. The minimum Gasteiger partial charge on any atom is -0.493 e. The first kappa shape index (κ1) is 26.0. The Balaban J connectivity index is 1.32. The molecule has 3 fully saturated rings. The summed E-state index contributed by atoms with van der Waals surface area (Å²) in [6.07, 6.45) is 7.11. The molecular weight excluding hydrogens is 470 g/mol. The summed E-state index contributed by atoms with van der Waals surface area (Å²) >= 11 is 0. The molecule has 4 aliphatic rings. The van der Waals surface area contributed by atoms with Crippen LogP contribution in [0.1, 0.15) is 56.9 Å². The number of ether oxygens (including phenoxy) is 2. The third-order valence-corrected chi connectivity index (χ3v) is 8.70. The molecule has 8 heteroatoms. The first-order valence-corrected chi connectivity index (χ1v) is 14.2. The van der Waals surface area contributed by atoms with Crippen LogP contribution in [-0.2, 0) is 25.7 Å². The lowest BCUT2D eigenvalue weighted by Crippen LogP contribution is -2.50. The molecule has 0 N–H and O–H groups in total. The highest BCUT2D eigenvalue weighted by Crippen LogP contribution is 2.33. The monoisotopic (exact) mass is 511 g/mol. The van der Waals surface area contributed by atoms with Gasteiger partial charge >= 0.3 is 0 Å². The molecule has 3 heterocycles. The molecule has 2 saturated heterocycles. The van der Waals surface area contributed by atoms with Gasteiger partial charge in [-0.1, -0.05) is 31.0 Å². The van der Waals surface area contributed by atoms with Gasteiger partial charge in [-0.2, -0.15) is 0 Å². The minimum absolute atomic E-state index is 0.0150. The second-order valence-electron chi connectivity index (χ2n) is 11.1. The van der Waals surface area contributed by atoms with Gasteiger partial charge in [-0.3, -0.25) is 14.4 Å². The summed E-state index contributed by atoms with van der Waals surface area (Å²) in [5, 5.41) is 0. The molecule has 0 spiro atoms. The van der Waals surface area contributed by atoms with E-state index in [9.17, 15) is 14.4 Å². The highest BCUT2D eigenvalue weighted by molar-refractivity contribution is 5.86. The first-order chi connectivity index (χ1) is 18.1. The molecule has 8 nitrogen and oxygen atoms in total. The fourth-order valence-electron chi connectivity index (χ4n) is 6.48. The van der Waals surface area contributed by atoms with Crippen molar-refractivity contribution in [3.63, 3.8) is 0 Å². The van der Waals surface area contributed by atoms with E-state index in [1.807, 2.05) is 34.1 Å². The topological polar surface area (TPSA) is 79.4 Å². The van der Waals surface area contributed by atoms with Crippen LogP contribution in [0.2, 0.25) is 0 Å². The Labute approximate surface area is 220 Å². The van der Waals surface area contributed by atoms with Gasteiger partial charge in [0.05, 0.1) is 19.8 Å². The van der Waals surface area contributed by atoms with Gasteiger partial charge in [-0.15, -0.1) is 0 Å². The van der Waals surface area contributed by atoms with Crippen molar-refractivity contribution < 1.29 is 23.9 Å². The van der Waals surface area contributed by atoms with Crippen molar-refractivity contribution in [3.05, 3.63) is 29.8 Å². The maximum Gasteiger partial charge on any atom is 0.242 e. The van der Waals surface area contributed by atoms with E-state index in [1.165, 1.54) is 0 Å². The Hall–Kier alpha value is -2.61. The van der Waals surface area contributed by atoms with Crippen molar-refractivity contribution in [2.45, 2.75) is 57.9 Å². The van der Waals surface area contributed by atoms with Crippen LogP contribution < -0.4 is 4.74 Å². The number of fused-ring (bicyclic) bond motifs is 3. The van der Waals surface area contributed by atoms with Crippen molar-refractivity contribution in [3.8, 4) is 5.75 Å². The third kappa shape index (κ3) is 6.46. The Bertz CT molecular complexity index is 957. The number of carbonyl (C=O) groups excluding carboxylic acids is 3. The molecule has 0 unspecified atom stereocenters. The van der Waals surface area contributed by atoms with Gasteiger partial charge in [0.1, 0.15) is 12.3 Å². The zero-order valence-corrected chi connectivity index (χ0v) is 21.9. The second kappa shape index (κ2) is 12.3. The van der Waals surface area contributed by atoms with Crippen molar-refractivity contribution in [2.24, 2.45) is 17.8 Å². The van der Waals surface area contributed by atoms with Crippen LogP contribution in [0.5, 0.6) is 5.75 Å². The SMILES string of the molecule is O=C(C[C@@H]1CCN2C[C@@H]1CCCOc1ccccc1CN(C(=O)C1CCCC1)CC2=O)N1CCOCC1. The molecule has 0 radical (unpaired) electrons. The normalized spacial score (nSPS) is 25.9. The van der Waals surface area contributed by atoms with Crippen LogP contribution >= 0.6 is 0 Å². The van der Waals surface area contributed by atoms with Crippen molar-refractivity contribution in [2.75, 3.05) is 52.5 Å². The Kier molecular flexibility index (Phi) is 8.64. The van der Waals surface area contributed by atoms with Gasteiger partial charge in [0.2, 0.25) is 17.7 Å². The molecule has 1 aromatic carbocycles. The molecule has 0 aromatic heterocycles. The van der Waals surface area contributed by atoms with E-state index in [4.69, 9.17) is 9.47 Å². The van der Waals surface area contributed by atoms with E-state index in [-0.39, 0.29) is 42.0 Å². The van der Waals surface area contributed by atoms with E-state index < -0.39 is 0 Å². The fourth-order valence-corrected chi connectivity index (χ4v) is 6.48. The molecule has 5 rings (SSSR count). The molecule has 1 saturated carbocycles. The van der Waals surface area contributed by atoms with Gasteiger partial charge in [0, 0.05) is 50.6 Å². The Morgan fingerprint density at radius 2 is 1.65 bits per heavy atom. The predicted octanol–water partition coefficient (Wildman–Crippen LogP) is 3.09. The van der Waals surface area contributed by atoms with Crippen molar-refractivity contribution in [1.82, 2.24) is 14.7 Å². The van der Waals surface area contributed by atoms with E-state index in [2.05, 4.69) is 0 Å². The number of carbonyl (C=O) groups is 3. The number of hydrogen-bond acceptors (Lipinski definition) is 5. The number of benzene rings is 1. The largest absolute Gasteiger partial charge is 0.493 e. The highest BCUT2D eigenvalue weighted by Gasteiger charge is 2.36. The molecule has 2 bridgehead atoms. The average Bonchev–Trinajstić information content (AvgIpc) is 3.47. The van der Waals surface area contributed by atoms with Crippen LogP contribution in [0, 0.1) is 17.8 Å². The van der Waals surface area contributed by atoms with Gasteiger partial charge in [-0.25, -0.2) is 0 Å². The van der Waals surface area contributed by atoms with E-state index in [0.29, 0.717) is 59.0 Å². The smallest absolute Gasteiger partial charge is 0.242 e. The summed E-state index contributed by atoms with van der Waals surface area (Å²) in [5.41, 5.74) is 0.952. The number of para-hydroxylation sites is 1. The molecule has 37 heavy (non-hydrogen) atoms. The van der Waals surface area contributed by atoms with Crippen molar-refractivity contribution in [1.29, 1.82) is 0 Å². The van der Waals surface area contributed by atoms with Crippen LogP contribution in [0.4, 0.5) is 0 Å². The summed E-state index contributed by atoms with van der Waals surface area (Å²) in [6.45, 7) is 4.93. The number of amides is 3. The predicted molar refractivity (Wildman–Crippen MR) is 139 cm³/mol. The van der Waals surface area contributed by atoms with Crippen LogP contribution in [0.15, 0.2) is 24.3 Å². The molecule has 2 atom stereocenters. The lowest BCUT2D eigenvalue weighted by atomic mass is 9.80. The summed E-state index contributed by atoms with van der Waals surface area (Å²) in [4.78, 5) is 45.7. The zero-order chi connectivity index (χ0) is 25.6. The molecule has 3 aliphatic heterocycles. The zero-order valence-electron chi connectivity index (χ0n) is 21.9. The van der Waals surface area contributed by atoms with E-state index >= 15 is 0 Å². The minimum atomic E-state index is 0.0150. The summed E-state index contributed by atoms with van der Waals surface area (Å²) in [6, 6.07) is 7.88. The highest BCUT2D eigenvalue weighted by atomic mass is 16.5. The van der Waals surface area contributed by atoms with Gasteiger partial charge in [0.25, 0.3) is 0 Å². The Morgan fingerprint density at radius 1 is 0.865 bits per heavy atom. The van der Waals surface area contributed by atoms with Gasteiger partial charge in [-0.05, 0) is 50.0 Å². The molecule has 3 amide bonds. The quantitative estimate of drug-likeness (QED) is 0.623. The van der Waals surface area contributed by atoms with Crippen LogP contribution in [0.3, 0.4) is 0 Å². The lowest BCUT2D eigenvalue weighted by Gasteiger charge is -2.40. The maximum atomic E-state index is 13.6. The van der Waals surface area contributed by atoms with Crippen LogP contribution in [0.25, 0.3) is 0 Å². The summed E-state index contributed by atoms with van der Waals surface area (Å²) in [7, 11) is 0. The van der Waals surface area contributed by atoms with E-state index in [0.717, 1.165) is 56.3 Å². The first-order valence-electron chi connectivity index (χ1n) is 14.2. The summed E-state index contributed by atoms with van der Waals surface area (Å²) in [5.74, 6) is 1.64. The van der Waals surface area contributed by atoms with Gasteiger partial charge < -0.3 is 24.2 Å². The number of nitrogens with zero attached hydrogens (tertiary/aromatic N) is 3. The molecular formula is C29H41N3O5. The van der Waals surface area contributed by atoms with E-state index in [1.54, 1.807) is 4.90 Å². The lowest BCUT2D eigenvalue weighted by molar-refractivity contribution is -0.145.